The van der Waals surface area contributed by atoms with Gasteiger partial charge < -0.3 is 4.90 Å². The van der Waals surface area contributed by atoms with E-state index < -0.39 is 17.8 Å². The Morgan fingerprint density at radius 1 is 1.11 bits per heavy atom. The zero-order chi connectivity index (χ0) is 20.6. The molecule has 1 fully saturated rings. The van der Waals surface area contributed by atoms with Gasteiger partial charge in [-0.25, -0.2) is 9.69 Å². The Morgan fingerprint density at radius 2 is 1.82 bits per heavy atom. The third kappa shape index (κ3) is 3.78. The van der Waals surface area contributed by atoms with Crippen molar-refractivity contribution in [3.8, 4) is 0 Å². The van der Waals surface area contributed by atoms with Crippen molar-refractivity contribution in [2.45, 2.75) is 0 Å². The summed E-state index contributed by atoms with van der Waals surface area (Å²) in [5.74, 6) is -1.57. The number of benzene rings is 2. The van der Waals surface area contributed by atoms with Crippen molar-refractivity contribution >= 4 is 74.4 Å². The van der Waals surface area contributed by atoms with E-state index in [4.69, 9.17) is 23.2 Å². The molecule has 0 saturated carbocycles. The number of barbiturate groups is 1. The number of hydrogen-bond acceptors (Lipinski definition) is 4. The minimum absolute atomic E-state index is 0.0412. The molecule has 1 heterocycles. The van der Waals surface area contributed by atoms with Crippen LogP contribution in [0.1, 0.15) is 5.56 Å². The van der Waals surface area contributed by atoms with Crippen molar-refractivity contribution in [3.63, 3.8) is 0 Å². The maximum atomic E-state index is 12.9. The van der Waals surface area contributed by atoms with E-state index in [0.717, 1.165) is 15.1 Å². The van der Waals surface area contributed by atoms with Gasteiger partial charge in [0.2, 0.25) is 0 Å². The van der Waals surface area contributed by atoms with Gasteiger partial charge in [0, 0.05) is 18.6 Å². The van der Waals surface area contributed by atoms with Crippen molar-refractivity contribution in [2.75, 3.05) is 23.9 Å². The standard InChI is InChI=1S/C19H14BrCl2N3O3/c1-24(2)14-7-6-10(9-12(14)20)8-11-17(26)23-19(28)25(18(11)27)15-5-3-4-13(21)16(15)22/h3-9H,1-2H3,(H,23,26,28)/b11-8-. The lowest BCUT2D eigenvalue weighted by molar-refractivity contribution is -0.122. The quantitative estimate of drug-likeness (QED) is 0.517. The number of imide groups is 2. The van der Waals surface area contributed by atoms with Crippen LogP contribution in [0.3, 0.4) is 0 Å². The molecule has 0 bridgehead atoms. The van der Waals surface area contributed by atoms with Gasteiger partial charge in [0.15, 0.2) is 0 Å². The van der Waals surface area contributed by atoms with Crippen LogP contribution in [0.25, 0.3) is 6.08 Å². The second-order valence-corrected chi connectivity index (χ2v) is 7.78. The summed E-state index contributed by atoms with van der Waals surface area (Å²) in [7, 11) is 3.79. The highest BCUT2D eigenvalue weighted by molar-refractivity contribution is 9.10. The lowest BCUT2D eigenvalue weighted by Gasteiger charge is -2.27. The molecule has 6 nitrogen and oxygen atoms in total. The van der Waals surface area contributed by atoms with E-state index in [2.05, 4.69) is 21.2 Å². The number of halogens is 3. The normalized spacial score (nSPS) is 15.8. The number of urea groups is 1. The van der Waals surface area contributed by atoms with Crippen molar-refractivity contribution < 1.29 is 14.4 Å². The molecule has 4 amide bonds. The Labute approximate surface area is 179 Å². The summed E-state index contributed by atoms with van der Waals surface area (Å²) in [4.78, 5) is 40.2. The Bertz CT molecular complexity index is 1040. The smallest absolute Gasteiger partial charge is 0.336 e. The first-order valence-electron chi connectivity index (χ1n) is 8.03. The predicted octanol–water partition coefficient (Wildman–Crippen LogP) is 4.49. The lowest BCUT2D eigenvalue weighted by Crippen LogP contribution is -2.54. The third-order valence-electron chi connectivity index (χ3n) is 4.04. The van der Waals surface area contributed by atoms with E-state index in [9.17, 15) is 14.4 Å². The Balaban J connectivity index is 2.04. The number of nitrogens with one attached hydrogen (secondary N) is 1. The van der Waals surface area contributed by atoms with E-state index in [1.807, 2.05) is 25.1 Å². The first-order valence-corrected chi connectivity index (χ1v) is 9.58. The zero-order valence-corrected chi connectivity index (χ0v) is 17.9. The molecule has 1 N–H and O–H groups in total. The number of hydrogen-bond donors (Lipinski definition) is 1. The van der Waals surface area contributed by atoms with Crippen molar-refractivity contribution in [1.82, 2.24) is 5.32 Å². The van der Waals surface area contributed by atoms with Crippen LogP contribution in [-0.2, 0) is 9.59 Å². The van der Waals surface area contributed by atoms with Gasteiger partial charge >= 0.3 is 6.03 Å². The molecule has 0 aliphatic carbocycles. The molecule has 0 atom stereocenters. The summed E-state index contributed by atoms with van der Waals surface area (Å²) in [6, 6.07) is 9.06. The fourth-order valence-corrected chi connectivity index (χ4v) is 3.81. The Kier molecular flexibility index (Phi) is 5.79. The Morgan fingerprint density at radius 3 is 2.46 bits per heavy atom. The van der Waals surface area contributed by atoms with Gasteiger partial charge in [-0.1, -0.05) is 35.3 Å². The summed E-state index contributed by atoms with van der Waals surface area (Å²) in [6.07, 6.45) is 1.42. The Hall–Kier alpha value is -2.35. The lowest BCUT2D eigenvalue weighted by atomic mass is 10.1. The SMILES string of the molecule is CN(C)c1ccc(/C=C2/C(=O)NC(=O)N(c3cccc(Cl)c3Cl)C2=O)cc1Br. The largest absolute Gasteiger partial charge is 0.377 e. The van der Waals surface area contributed by atoms with Crippen molar-refractivity contribution in [2.24, 2.45) is 0 Å². The number of anilines is 2. The van der Waals surface area contributed by atoms with Gasteiger partial charge in [0.05, 0.1) is 21.4 Å². The first-order chi connectivity index (χ1) is 13.2. The maximum absolute atomic E-state index is 12.9. The molecular formula is C19H14BrCl2N3O3. The summed E-state index contributed by atoms with van der Waals surface area (Å²) in [5.41, 5.74) is 1.45. The summed E-state index contributed by atoms with van der Waals surface area (Å²) in [6.45, 7) is 0. The number of carbonyl (C=O) groups is 3. The van der Waals surface area contributed by atoms with Crippen LogP contribution < -0.4 is 15.1 Å². The second-order valence-electron chi connectivity index (χ2n) is 6.14. The molecule has 28 heavy (non-hydrogen) atoms. The molecular weight excluding hydrogens is 469 g/mol. The highest BCUT2D eigenvalue weighted by Gasteiger charge is 2.38. The molecule has 2 aromatic carbocycles. The summed E-state index contributed by atoms with van der Waals surface area (Å²) in [5, 5.41) is 2.38. The van der Waals surface area contributed by atoms with Gasteiger partial charge in [0.1, 0.15) is 5.57 Å². The molecule has 1 aliphatic heterocycles. The van der Waals surface area contributed by atoms with E-state index >= 15 is 0 Å². The van der Waals surface area contributed by atoms with Crippen LogP contribution in [0.5, 0.6) is 0 Å². The molecule has 144 valence electrons. The van der Waals surface area contributed by atoms with Crippen LogP contribution in [0.4, 0.5) is 16.2 Å². The molecule has 1 aliphatic rings. The average molecular weight is 483 g/mol. The van der Waals surface area contributed by atoms with Gasteiger partial charge in [-0.15, -0.1) is 0 Å². The fourth-order valence-electron chi connectivity index (χ4n) is 2.68. The van der Waals surface area contributed by atoms with Crippen LogP contribution >= 0.6 is 39.1 Å². The van der Waals surface area contributed by atoms with Crippen LogP contribution in [0.15, 0.2) is 46.4 Å². The molecule has 0 aromatic heterocycles. The number of nitrogens with zero attached hydrogens (tertiary/aromatic N) is 2. The molecule has 3 rings (SSSR count). The van der Waals surface area contributed by atoms with Crippen molar-refractivity contribution in [1.29, 1.82) is 0 Å². The molecule has 1 saturated heterocycles. The van der Waals surface area contributed by atoms with Gasteiger partial charge in [-0.2, -0.15) is 0 Å². The monoisotopic (exact) mass is 481 g/mol. The molecule has 0 radical (unpaired) electrons. The van der Waals surface area contributed by atoms with Crippen molar-refractivity contribution in [3.05, 3.63) is 62.1 Å². The fraction of sp³-hybridized carbons (Fsp3) is 0.105. The minimum Gasteiger partial charge on any atom is -0.377 e. The van der Waals surface area contributed by atoms with E-state index in [1.54, 1.807) is 18.2 Å². The molecule has 0 unspecified atom stereocenters. The van der Waals surface area contributed by atoms with E-state index in [1.165, 1.54) is 18.2 Å². The number of carbonyl (C=O) groups excluding carboxylic acids is 3. The summed E-state index contributed by atoms with van der Waals surface area (Å²) < 4.78 is 0.793. The van der Waals surface area contributed by atoms with Crippen LogP contribution in [-0.4, -0.2) is 31.9 Å². The molecule has 0 spiro atoms. The van der Waals surface area contributed by atoms with E-state index in [0.29, 0.717) is 5.56 Å². The first kappa shape index (κ1) is 20.4. The number of rotatable bonds is 3. The van der Waals surface area contributed by atoms with Crippen LogP contribution in [0, 0.1) is 0 Å². The topological polar surface area (TPSA) is 69.7 Å². The van der Waals surface area contributed by atoms with Gasteiger partial charge in [-0.3, -0.25) is 14.9 Å². The van der Waals surface area contributed by atoms with Gasteiger partial charge in [0.25, 0.3) is 11.8 Å². The third-order valence-corrected chi connectivity index (χ3v) is 5.48. The van der Waals surface area contributed by atoms with Gasteiger partial charge in [-0.05, 0) is 51.8 Å². The van der Waals surface area contributed by atoms with E-state index in [-0.39, 0.29) is 21.3 Å². The summed E-state index contributed by atoms with van der Waals surface area (Å²) >= 11 is 15.6. The highest BCUT2D eigenvalue weighted by atomic mass is 79.9. The second kappa shape index (κ2) is 7.95. The number of amides is 4. The highest BCUT2D eigenvalue weighted by Crippen LogP contribution is 2.34. The maximum Gasteiger partial charge on any atom is 0.336 e. The average Bonchev–Trinajstić information content (AvgIpc) is 2.61. The molecule has 2 aromatic rings. The minimum atomic E-state index is -0.888. The molecule has 9 heteroatoms. The zero-order valence-electron chi connectivity index (χ0n) is 14.8. The predicted molar refractivity (Wildman–Crippen MR) is 114 cm³/mol. The van der Waals surface area contributed by atoms with Crippen LogP contribution in [0.2, 0.25) is 10.0 Å².